The van der Waals surface area contributed by atoms with Crippen molar-refractivity contribution in [2.45, 2.75) is 13.8 Å². The van der Waals surface area contributed by atoms with E-state index in [0.29, 0.717) is 11.4 Å². The SMILES string of the molecule is CC(=NO)C(C)=NO.[Na+].[OH-]. The van der Waals surface area contributed by atoms with E-state index in [1.165, 1.54) is 13.8 Å². The second-order valence-electron chi connectivity index (χ2n) is 1.37. The fraction of sp³-hybridized carbons (Fsp3) is 0.500. The van der Waals surface area contributed by atoms with Crippen molar-refractivity contribution in [1.29, 1.82) is 0 Å². The third-order valence-corrected chi connectivity index (χ3v) is 0.824. The Morgan fingerprint density at radius 2 is 1.20 bits per heavy atom. The minimum Gasteiger partial charge on any atom is -0.870 e. The molecular weight excluding hydrogens is 147 g/mol. The minimum atomic E-state index is 0. The molecule has 0 saturated heterocycles. The van der Waals surface area contributed by atoms with Crippen LogP contribution < -0.4 is 29.6 Å². The van der Waals surface area contributed by atoms with Crippen LogP contribution in [0, 0.1) is 0 Å². The van der Waals surface area contributed by atoms with Crippen molar-refractivity contribution in [3.63, 3.8) is 0 Å². The molecule has 0 heterocycles. The molecule has 6 heteroatoms. The molecule has 0 rings (SSSR count). The molecule has 0 aromatic heterocycles. The van der Waals surface area contributed by atoms with Gasteiger partial charge in [0.05, 0.1) is 0 Å². The van der Waals surface area contributed by atoms with Crippen LogP contribution in [-0.2, 0) is 0 Å². The summed E-state index contributed by atoms with van der Waals surface area (Å²) < 4.78 is 0. The Morgan fingerprint density at radius 3 is 1.30 bits per heavy atom. The molecule has 0 atom stereocenters. The number of oxime groups is 2. The van der Waals surface area contributed by atoms with Gasteiger partial charge in [-0.05, 0) is 13.8 Å². The quantitative estimate of drug-likeness (QED) is 0.190. The van der Waals surface area contributed by atoms with Crippen LogP contribution in [0.25, 0.3) is 0 Å². The number of hydrogen-bond acceptors (Lipinski definition) is 5. The summed E-state index contributed by atoms with van der Waals surface area (Å²) in [5.74, 6) is 0. The average Bonchev–Trinajstić information content (AvgIpc) is 1.84. The van der Waals surface area contributed by atoms with E-state index in [9.17, 15) is 0 Å². The topological polar surface area (TPSA) is 95.2 Å². The van der Waals surface area contributed by atoms with Gasteiger partial charge in [0.1, 0.15) is 11.4 Å². The van der Waals surface area contributed by atoms with Gasteiger partial charge in [-0.15, -0.1) is 0 Å². The predicted molar refractivity (Wildman–Crippen MR) is 31.7 cm³/mol. The van der Waals surface area contributed by atoms with Crippen molar-refractivity contribution in [3.8, 4) is 0 Å². The van der Waals surface area contributed by atoms with Gasteiger partial charge in [0, 0.05) is 0 Å². The fourth-order valence-electron chi connectivity index (χ4n) is 0.145. The van der Waals surface area contributed by atoms with Crippen molar-refractivity contribution in [2.24, 2.45) is 10.3 Å². The zero-order chi connectivity index (χ0) is 6.57. The van der Waals surface area contributed by atoms with Crippen LogP contribution in [0.3, 0.4) is 0 Å². The summed E-state index contributed by atoms with van der Waals surface area (Å²) in [4.78, 5) is 0. The summed E-state index contributed by atoms with van der Waals surface area (Å²) in [6, 6.07) is 0. The monoisotopic (exact) mass is 156 g/mol. The molecule has 0 spiro atoms. The number of hydrogen-bond donors (Lipinski definition) is 2. The van der Waals surface area contributed by atoms with Crippen LogP contribution in [0.2, 0.25) is 0 Å². The molecule has 0 aromatic rings. The van der Waals surface area contributed by atoms with Gasteiger partial charge < -0.3 is 15.9 Å². The third kappa shape index (κ3) is 6.03. The largest absolute Gasteiger partial charge is 1.00 e. The first kappa shape index (κ1) is 16.5. The van der Waals surface area contributed by atoms with Crippen LogP contribution >= 0.6 is 0 Å². The van der Waals surface area contributed by atoms with Crippen LogP contribution in [-0.4, -0.2) is 27.3 Å². The van der Waals surface area contributed by atoms with Gasteiger partial charge in [-0.3, -0.25) is 0 Å². The van der Waals surface area contributed by atoms with E-state index in [4.69, 9.17) is 10.4 Å². The first-order chi connectivity index (χ1) is 3.72. The molecule has 0 aliphatic carbocycles. The van der Waals surface area contributed by atoms with Crippen LogP contribution in [0.15, 0.2) is 10.3 Å². The Morgan fingerprint density at radius 1 is 1.00 bits per heavy atom. The van der Waals surface area contributed by atoms with Gasteiger partial charge >= 0.3 is 29.6 Å². The van der Waals surface area contributed by atoms with E-state index in [-0.39, 0.29) is 35.0 Å². The maximum atomic E-state index is 8.03. The molecule has 10 heavy (non-hydrogen) atoms. The summed E-state index contributed by atoms with van der Waals surface area (Å²) in [6.45, 7) is 3.07. The van der Waals surface area contributed by atoms with Crippen molar-refractivity contribution in [1.82, 2.24) is 0 Å². The van der Waals surface area contributed by atoms with E-state index in [1.54, 1.807) is 0 Å². The van der Waals surface area contributed by atoms with Crippen LogP contribution in [0.1, 0.15) is 13.8 Å². The first-order valence-electron chi connectivity index (χ1n) is 2.10. The molecule has 5 nitrogen and oxygen atoms in total. The molecule has 0 bridgehead atoms. The number of nitrogens with zero attached hydrogens (tertiary/aromatic N) is 2. The predicted octanol–water partition coefficient (Wildman–Crippen LogP) is -2.49. The maximum absolute atomic E-state index is 8.03. The average molecular weight is 156 g/mol. The maximum Gasteiger partial charge on any atom is 1.00 e. The summed E-state index contributed by atoms with van der Waals surface area (Å²) in [5.41, 5.74) is 0.625. The Bertz CT molecular complexity index is 118. The Labute approximate surface area is 81.0 Å². The Hall–Kier alpha value is -0.100. The van der Waals surface area contributed by atoms with Gasteiger partial charge in [-0.2, -0.15) is 0 Å². The van der Waals surface area contributed by atoms with E-state index in [2.05, 4.69) is 10.3 Å². The van der Waals surface area contributed by atoms with E-state index in [1.807, 2.05) is 0 Å². The van der Waals surface area contributed by atoms with Gasteiger partial charge in [0.15, 0.2) is 0 Å². The van der Waals surface area contributed by atoms with Crippen LogP contribution in [0.5, 0.6) is 0 Å². The van der Waals surface area contributed by atoms with Gasteiger partial charge in [-0.1, -0.05) is 10.3 Å². The summed E-state index contributed by atoms with van der Waals surface area (Å²) >= 11 is 0. The van der Waals surface area contributed by atoms with Crippen molar-refractivity contribution in [3.05, 3.63) is 0 Å². The molecule has 0 aliphatic heterocycles. The summed E-state index contributed by atoms with van der Waals surface area (Å²) in [6.07, 6.45) is 0. The molecule has 0 aliphatic rings. The Kier molecular flexibility index (Phi) is 14.7. The second-order valence-corrected chi connectivity index (χ2v) is 1.37. The molecule has 0 amide bonds. The third-order valence-electron chi connectivity index (χ3n) is 0.824. The summed E-state index contributed by atoms with van der Waals surface area (Å²) in [7, 11) is 0. The zero-order valence-corrected chi connectivity index (χ0v) is 8.24. The molecule has 0 aromatic carbocycles. The van der Waals surface area contributed by atoms with Crippen molar-refractivity contribution in [2.75, 3.05) is 0 Å². The molecule has 3 N–H and O–H groups in total. The molecule has 0 radical (unpaired) electrons. The fourth-order valence-corrected chi connectivity index (χ4v) is 0.145. The van der Waals surface area contributed by atoms with Gasteiger partial charge in [0.25, 0.3) is 0 Å². The van der Waals surface area contributed by atoms with E-state index < -0.39 is 0 Å². The molecule has 0 unspecified atom stereocenters. The molecule has 0 saturated carbocycles. The smallest absolute Gasteiger partial charge is 0.870 e. The van der Waals surface area contributed by atoms with Crippen molar-refractivity contribution >= 4 is 11.4 Å². The van der Waals surface area contributed by atoms with Gasteiger partial charge in [0.2, 0.25) is 0 Å². The standard InChI is InChI=1S/C4H8N2O2.Na.H2O/c1-3(5-7)4(2)6-8;;/h7-8H,1-2H3;;1H2/q;+1;/p-1. The van der Waals surface area contributed by atoms with Crippen LogP contribution in [0.4, 0.5) is 0 Å². The van der Waals surface area contributed by atoms with Gasteiger partial charge in [-0.25, -0.2) is 0 Å². The second kappa shape index (κ2) is 8.90. The van der Waals surface area contributed by atoms with E-state index >= 15 is 0 Å². The summed E-state index contributed by atoms with van der Waals surface area (Å²) in [5, 5.41) is 21.6. The molecular formula is C4H9N2NaO3. The minimum absolute atomic E-state index is 0. The first-order valence-corrected chi connectivity index (χ1v) is 2.10. The van der Waals surface area contributed by atoms with Crippen molar-refractivity contribution < 1.29 is 45.4 Å². The molecule has 0 fully saturated rings. The Balaban J connectivity index is -0.000000245. The normalized spacial score (nSPS) is 11.4. The zero-order valence-electron chi connectivity index (χ0n) is 6.24. The van der Waals surface area contributed by atoms with E-state index in [0.717, 1.165) is 0 Å². The number of rotatable bonds is 1. The molecule has 54 valence electrons.